The molecule has 3 nitrogen and oxygen atoms in total. The van der Waals surface area contributed by atoms with Gasteiger partial charge in [-0.05, 0) is 48.4 Å². The van der Waals surface area contributed by atoms with Crippen LogP contribution in [0.4, 0.5) is 11.4 Å². The van der Waals surface area contributed by atoms with Crippen molar-refractivity contribution in [3.05, 3.63) is 101 Å². The highest BCUT2D eigenvalue weighted by atomic mass is 35.5. The van der Waals surface area contributed by atoms with Crippen LogP contribution in [0.5, 0.6) is 0 Å². The summed E-state index contributed by atoms with van der Waals surface area (Å²) in [4.78, 5) is 15.2. The lowest BCUT2D eigenvalue weighted by molar-refractivity contribution is -0.112. The number of rotatable bonds is 4. The lowest BCUT2D eigenvalue weighted by Crippen LogP contribution is -2.18. The van der Waals surface area contributed by atoms with E-state index in [9.17, 15) is 4.79 Å². The Kier molecular flexibility index (Phi) is 4.95. The maximum Gasteiger partial charge on any atom is 0.253 e. The monoisotopic (exact) mass is 374 g/mol. The number of halogens is 1. The number of hydrogen-bond acceptors (Lipinski definition) is 2. The first-order valence-electron chi connectivity index (χ1n) is 8.90. The highest BCUT2D eigenvalue weighted by molar-refractivity contribution is 6.30. The summed E-state index contributed by atoms with van der Waals surface area (Å²) < 4.78 is 0. The number of para-hydroxylation sites is 1. The fourth-order valence-corrected chi connectivity index (χ4v) is 3.50. The van der Waals surface area contributed by atoms with Gasteiger partial charge in [-0.2, -0.15) is 0 Å². The molecule has 0 radical (unpaired) electrons. The number of carbonyl (C=O) groups is 1. The number of nitrogens with one attached hydrogen (secondary N) is 1. The molecule has 0 bridgehead atoms. The first-order chi connectivity index (χ1) is 13.2. The van der Waals surface area contributed by atoms with E-state index >= 15 is 0 Å². The van der Waals surface area contributed by atoms with Gasteiger partial charge in [-0.15, -0.1) is 0 Å². The van der Waals surface area contributed by atoms with Crippen molar-refractivity contribution in [2.24, 2.45) is 0 Å². The molecular formula is C23H19ClN2O. The molecule has 0 spiro atoms. The Morgan fingerprint density at radius 2 is 1.48 bits per heavy atom. The Morgan fingerprint density at radius 1 is 0.852 bits per heavy atom. The van der Waals surface area contributed by atoms with Crippen LogP contribution in [0.3, 0.4) is 0 Å². The van der Waals surface area contributed by atoms with Gasteiger partial charge in [-0.25, -0.2) is 0 Å². The first-order valence-corrected chi connectivity index (χ1v) is 9.28. The highest BCUT2D eigenvalue weighted by Crippen LogP contribution is 2.36. The number of nitrogens with zero attached hydrogens (tertiary/aromatic N) is 1. The molecule has 1 amide bonds. The highest BCUT2D eigenvalue weighted by Gasteiger charge is 2.29. The van der Waals surface area contributed by atoms with Crippen LogP contribution >= 0.6 is 11.6 Å². The van der Waals surface area contributed by atoms with Gasteiger partial charge in [-0.3, -0.25) is 4.79 Å². The largest absolute Gasteiger partial charge is 0.340 e. The minimum Gasteiger partial charge on any atom is -0.340 e. The summed E-state index contributed by atoms with van der Waals surface area (Å²) in [6.45, 7) is 0.775. The maximum atomic E-state index is 13.0. The van der Waals surface area contributed by atoms with Crippen LogP contribution < -0.4 is 10.2 Å². The Labute approximate surface area is 163 Å². The van der Waals surface area contributed by atoms with Gasteiger partial charge >= 0.3 is 0 Å². The zero-order valence-corrected chi connectivity index (χ0v) is 15.5. The van der Waals surface area contributed by atoms with Crippen molar-refractivity contribution in [3.8, 4) is 0 Å². The van der Waals surface area contributed by atoms with Crippen LogP contribution in [-0.4, -0.2) is 12.5 Å². The molecule has 1 N–H and O–H groups in total. The molecule has 0 fully saturated rings. The second-order valence-electron chi connectivity index (χ2n) is 6.39. The molecule has 1 aliphatic heterocycles. The third-order valence-corrected chi connectivity index (χ3v) is 4.88. The average molecular weight is 375 g/mol. The Hall–Kier alpha value is -3.04. The Balaban J connectivity index is 1.72. The van der Waals surface area contributed by atoms with Crippen molar-refractivity contribution in [2.75, 3.05) is 16.8 Å². The molecule has 4 rings (SSSR count). The van der Waals surface area contributed by atoms with Crippen molar-refractivity contribution in [3.63, 3.8) is 0 Å². The summed E-state index contributed by atoms with van der Waals surface area (Å²) in [7, 11) is 0. The van der Waals surface area contributed by atoms with E-state index in [0.29, 0.717) is 11.4 Å². The SMILES string of the molecule is O=C(Nc1ccc(Cl)cc1)C1=C(c2ccccc2)N(c2ccccc2)CC1. The minimum atomic E-state index is -0.0744. The molecule has 3 aromatic rings. The summed E-state index contributed by atoms with van der Waals surface area (Å²) in [6.07, 6.45) is 0.693. The third-order valence-electron chi connectivity index (χ3n) is 4.63. The van der Waals surface area contributed by atoms with E-state index in [2.05, 4.69) is 22.3 Å². The summed E-state index contributed by atoms with van der Waals surface area (Å²) in [6, 6.07) is 27.4. The van der Waals surface area contributed by atoms with Crippen molar-refractivity contribution in [1.82, 2.24) is 0 Å². The van der Waals surface area contributed by atoms with Gasteiger partial charge in [0.05, 0.1) is 5.70 Å². The van der Waals surface area contributed by atoms with Crippen molar-refractivity contribution in [1.29, 1.82) is 0 Å². The van der Waals surface area contributed by atoms with Gasteiger partial charge in [0.25, 0.3) is 5.91 Å². The molecule has 1 aliphatic rings. The molecule has 0 aliphatic carbocycles. The van der Waals surface area contributed by atoms with E-state index in [1.165, 1.54) is 0 Å². The molecule has 0 saturated heterocycles. The van der Waals surface area contributed by atoms with E-state index in [4.69, 9.17) is 11.6 Å². The fourth-order valence-electron chi connectivity index (χ4n) is 3.37. The summed E-state index contributed by atoms with van der Waals surface area (Å²) in [5, 5.41) is 3.65. The zero-order valence-electron chi connectivity index (χ0n) is 14.7. The third kappa shape index (κ3) is 3.74. The van der Waals surface area contributed by atoms with E-state index in [0.717, 1.165) is 34.8 Å². The van der Waals surface area contributed by atoms with Crippen molar-refractivity contribution in [2.45, 2.75) is 6.42 Å². The molecule has 0 atom stereocenters. The smallest absolute Gasteiger partial charge is 0.253 e. The van der Waals surface area contributed by atoms with Crippen LogP contribution in [0.15, 0.2) is 90.5 Å². The molecule has 0 aromatic heterocycles. The second-order valence-corrected chi connectivity index (χ2v) is 6.83. The van der Waals surface area contributed by atoms with Crippen molar-refractivity contribution >= 4 is 34.6 Å². The van der Waals surface area contributed by atoms with Gasteiger partial charge in [-0.1, -0.05) is 60.1 Å². The van der Waals surface area contributed by atoms with E-state index < -0.39 is 0 Å². The number of hydrogen-bond donors (Lipinski definition) is 1. The van der Waals surface area contributed by atoms with E-state index in [-0.39, 0.29) is 5.91 Å². The number of anilines is 2. The fraction of sp³-hybridized carbons (Fsp3) is 0.0870. The van der Waals surface area contributed by atoms with Gasteiger partial charge in [0.15, 0.2) is 0 Å². The zero-order chi connectivity index (χ0) is 18.6. The van der Waals surface area contributed by atoms with Crippen LogP contribution in [0.2, 0.25) is 5.02 Å². The minimum absolute atomic E-state index is 0.0744. The Morgan fingerprint density at radius 3 is 2.15 bits per heavy atom. The average Bonchev–Trinajstić information content (AvgIpc) is 3.16. The number of amides is 1. The first kappa shape index (κ1) is 17.4. The predicted octanol–water partition coefficient (Wildman–Crippen LogP) is 5.60. The van der Waals surface area contributed by atoms with Crippen LogP contribution in [0, 0.1) is 0 Å². The molecule has 0 unspecified atom stereocenters. The van der Waals surface area contributed by atoms with Gasteiger partial charge in [0.1, 0.15) is 0 Å². The number of carbonyl (C=O) groups excluding carboxylic acids is 1. The topological polar surface area (TPSA) is 32.3 Å². The van der Waals surface area contributed by atoms with Gasteiger partial charge < -0.3 is 10.2 Å². The molecule has 134 valence electrons. The predicted molar refractivity (Wildman–Crippen MR) is 112 cm³/mol. The molecule has 0 saturated carbocycles. The van der Waals surface area contributed by atoms with Gasteiger partial charge in [0.2, 0.25) is 0 Å². The Bertz CT molecular complexity index is 966. The quantitative estimate of drug-likeness (QED) is 0.644. The van der Waals surface area contributed by atoms with E-state index in [1.807, 2.05) is 60.7 Å². The van der Waals surface area contributed by atoms with Gasteiger partial charge in [0, 0.05) is 28.5 Å². The molecule has 3 aromatic carbocycles. The number of benzene rings is 3. The standard InChI is InChI=1S/C23H19ClN2O/c24-18-11-13-19(14-12-18)25-23(27)21-15-16-26(20-9-5-2-6-10-20)22(21)17-7-3-1-4-8-17/h1-14H,15-16H2,(H,25,27). The second kappa shape index (κ2) is 7.68. The molecular weight excluding hydrogens is 356 g/mol. The van der Waals surface area contributed by atoms with Crippen LogP contribution in [-0.2, 0) is 4.79 Å². The van der Waals surface area contributed by atoms with Crippen LogP contribution in [0.1, 0.15) is 12.0 Å². The summed E-state index contributed by atoms with van der Waals surface area (Å²) in [5.41, 5.74) is 4.63. The lowest BCUT2D eigenvalue weighted by Gasteiger charge is -2.23. The van der Waals surface area contributed by atoms with Crippen LogP contribution in [0.25, 0.3) is 5.70 Å². The molecule has 4 heteroatoms. The van der Waals surface area contributed by atoms with Crippen molar-refractivity contribution < 1.29 is 4.79 Å². The summed E-state index contributed by atoms with van der Waals surface area (Å²) >= 11 is 5.94. The maximum absolute atomic E-state index is 13.0. The molecule has 27 heavy (non-hydrogen) atoms. The normalized spacial score (nSPS) is 13.7. The summed E-state index contributed by atoms with van der Waals surface area (Å²) in [5.74, 6) is -0.0744. The molecule has 1 heterocycles. The lowest BCUT2D eigenvalue weighted by atomic mass is 10.1. The van der Waals surface area contributed by atoms with E-state index in [1.54, 1.807) is 12.1 Å².